The summed E-state index contributed by atoms with van der Waals surface area (Å²) in [6.45, 7) is 5.40. The van der Waals surface area contributed by atoms with E-state index in [1.165, 1.54) is 16.7 Å². The van der Waals surface area contributed by atoms with Crippen molar-refractivity contribution in [1.29, 1.82) is 0 Å². The van der Waals surface area contributed by atoms with Crippen LogP contribution in [0.4, 0.5) is 0 Å². The average molecular weight is 332 g/mol. The zero-order valence-electron chi connectivity index (χ0n) is 12.2. The van der Waals surface area contributed by atoms with Gasteiger partial charge in [-0.3, -0.25) is 0 Å². The molecular weight excluding hydrogens is 310 g/mol. The Labute approximate surface area is 130 Å². The van der Waals surface area contributed by atoms with Crippen molar-refractivity contribution in [3.05, 3.63) is 69.7 Å². The summed E-state index contributed by atoms with van der Waals surface area (Å²) in [6.07, 6.45) is 2.18. The van der Waals surface area contributed by atoms with Gasteiger partial charge in [-0.2, -0.15) is 0 Å². The van der Waals surface area contributed by atoms with E-state index in [0.29, 0.717) is 6.04 Å². The minimum atomic E-state index is 0.369. The lowest BCUT2D eigenvalue weighted by atomic mass is 9.97. The van der Waals surface area contributed by atoms with Gasteiger partial charge in [0.15, 0.2) is 0 Å². The normalized spacial score (nSPS) is 12.3. The molecule has 0 heterocycles. The lowest BCUT2D eigenvalue weighted by molar-refractivity contribution is 0.529. The van der Waals surface area contributed by atoms with E-state index in [0.717, 1.165) is 23.9 Å². The summed E-state index contributed by atoms with van der Waals surface area (Å²) >= 11 is 3.61. The molecular formula is C18H22BrN. The Kier molecular flexibility index (Phi) is 5.81. The molecule has 0 bridgehead atoms. The summed E-state index contributed by atoms with van der Waals surface area (Å²) in [5.41, 5.74) is 4.03. The van der Waals surface area contributed by atoms with E-state index in [2.05, 4.69) is 83.6 Å². The second-order valence-corrected chi connectivity index (χ2v) is 6.17. The third kappa shape index (κ3) is 4.46. The Morgan fingerprint density at radius 3 is 2.50 bits per heavy atom. The summed E-state index contributed by atoms with van der Waals surface area (Å²) in [7, 11) is 0. The van der Waals surface area contributed by atoms with Crippen molar-refractivity contribution < 1.29 is 0 Å². The molecule has 0 aliphatic heterocycles. The molecule has 1 nitrogen and oxygen atoms in total. The van der Waals surface area contributed by atoms with Crippen LogP contribution >= 0.6 is 15.9 Å². The fourth-order valence-corrected chi connectivity index (χ4v) is 3.07. The first-order chi connectivity index (χ1) is 9.69. The molecule has 0 amide bonds. The molecule has 0 aliphatic rings. The maximum atomic E-state index is 3.67. The zero-order valence-corrected chi connectivity index (χ0v) is 13.8. The maximum absolute atomic E-state index is 3.67. The second-order valence-electron chi connectivity index (χ2n) is 5.26. The molecule has 2 aromatic carbocycles. The van der Waals surface area contributed by atoms with Gasteiger partial charge < -0.3 is 5.32 Å². The van der Waals surface area contributed by atoms with Crippen LogP contribution in [-0.4, -0.2) is 6.54 Å². The summed E-state index contributed by atoms with van der Waals surface area (Å²) in [5, 5.41) is 3.67. The molecule has 0 saturated carbocycles. The molecule has 0 aliphatic carbocycles. The molecule has 0 fully saturated rings. The number of halogens is 1. The van der Waals surface area contributed by atoms with Crippen LogP contribution in [0.1, 0.15) is 36.1 Å². The number of rotatable bonds is 6. The lowest BCUT2D eigenvalue weighted by Gasteiger charge is -2.20. The molecule has 0 saturated heterocycles. The van der Waals surface area contributed by atoms with E-state index in [1.54, 1.807) is 0 Å². The van der Waals surface area contributed by atoms with Crippen molar-refractivity contribution in [2.75, 3.05) is 6.54 Å². The molecule has 0 aromatic heterocycles. The first-order valence-electron chi connectivity index (χ1n) is 7.23. The lowest BCUT2D eigenvalue weighted by Crippen LogP contribution is -2.24. The molecule has 2 rings (SSSR count). The van der Waals surface area contributed by atoms with Gasteiger partial charge in [-0.25, -0.2) is 0 Å². The van der Waals surface area contributed by atoms with Gasteiger partial charge in [-0.1, -0.05) is 59.3 Å². The highest BCUT2D eigenvalue weighted by atomic mass is 79.9. The van der Waals surface area contributed by atoms with Crippen molar-refractivity contribution in [2.45, 2.75) is 32.7 Å². The number of hydrogen-bond acceptors (Lipinski definition) is 1. The summed E-state index contributed by atoms with van der Waals surface area (Å²) in [4.78, 5) is 0. The largest absolute Gasteiger partial charge is 0.310 e. The van der Waals surface area contributed by atoms with Crippen LogP contribution in [0.2, 0.25) is 0 Å². The molecule has 20 heavy (non-hydrogen) atoms. The highest BCUT2D eigenvalue weighted by Gasteiger charge is 2.12. The molecule has 2 heteroatoms. The van der Waals surface area contributed by atoms with Gasteiger partial charge in [-0.05, 0) is 55.1 Å². The van der Waals surface area contributed by atoms with Gasteiger partial charge in [0.05, 0.1) is 0 Å². The summed E-state index contributed by atoms with van der Waals surface area (Å²) in [6, 6.07) is 17.7. The highest BCUT2D eigenvalue weighted by Crippen LogP contribution is 2.23. The van der Waals surface area contributed by atoms with Crippen molar-refractivity contribution in [2.24, 2.45) is 0 Å². The SMILES string of the molecule is CCCNC(Cc1ccccc1)c1cc(C)cc(Br)c1. The summed E-state index contributed by atoms with van der Waals surface area (Å²) in [5.74, 6) is 0. The number of aryl methyl sites for hydroxylation is 1. The minimum absolute atomic E-state index is 0.369. The number of nitrogens with one attached hydrogen (secondary N) is 1. The van der Waals surface area contributed by atoms with Gasteiger partial charge in [0.1, 0.15) is 0 Å². The Morgan fingerprint density at radius 2 is 1.85 bits per heavy atom. The average Bonchev–Trinajstić information content (AvgIpc) is 2.43. The van der Waals surface area contributed by atoms with Crippen LogP contribution in [-0.2, 0) is 6.42 Å². The molecule has 106 valence electrons. The molecule has 0 radical (unpaired) electrons. The maximum Gasteiger partial charge on any atom is 0.0361 e. The van der Waals surface area contributed by atoms with Crippen molar-refractivity contribution >= 4 is 15.9 Å². The van der Waals surface area contributed by atoms with Crippen molar-refractivity contribution in [3.63, 3.8) is 0 Å². The number of benzene rings is 2. The monoisotopic (exact) mass is 331 g/mol. The Bertz CT molecular complexity index is 516. The minimum Gasteiger partial charge on any atom is -0.310 e. The topological polar surface area (TPSA) is 12.0 Å². The molecule has 2 aromatic rings. The second kappa shape index (κ2) is 7.61. The van der Waals surface area contributed by atoms with Crippen molar-refractivity contribution in [3.8, 4) is 0 Å². The van der Waals surface area contributed by atoms with Crippen LogP contribution in [0.5, 0.6) is 0 Å². The van der Waals surface area contributed by atoms with E-state index in [4.69, 9.17) is 0 Å². The molecule has 0 spiro atoms. The van der Waals surface area contributed by atoms with Gasteiger partial charge >= 0.3 is 0 Å². The zero-order chi connectivity index (χ0) is 14.4. The molecule has 1 N–H and O–H groups in total. The van der Waals surface area contributed by atoms with Crippen LogP contribution in [0.15, 0.2) is 53.0 Å². The van der Waals surface area contributed by atoms with Crippen molar-refractivity contribution in [1.82, 2.24) is 5.32 Å². The van der Waals surface area contributed by atoms with E-state index >= 15 is 0 Å². The van der Waals surface area contributed by atoms with Gasteiger partial charge in [0.25, 0.3) is 0 Å². The Hall–Kier alpha value is -1.12. The van der Waals surface area contributed by atoms with E-state index in [1.807, 2.05) is 0 Å². The smallest absolute Gasteiger partial charge is 0.0361 e. The predicted molar refractivity (Wildman–Crippen MR) is 90.1 cm³/mol. The fraction of sp³-hybridized carbons (Fsp3) is 0.333. The standard InChI is InChI=1S/C18H22BrN/c1-3-9-20-18(12-15-7-5-4-6-8-15)16-10-14(2)11-17(19)13-16/h4-8,10-11,13,18,20H,3,9,12H2,1-2H3. The van der Waals surface area contributed by atoms with Gasteiger partial charge in [-0.15, -0.1) is 0 Å². The molecule has 1 unspecified atom stereocenters. The van der Waals surface area contributed by atoms with Gasteiger partial charge in [0, 0.05) is 10.5 Å². The third-order valence-electron chi connectivity index (χ3n) is 3.39. The third-order valence-corrected chi connectivity index (χ3v) is 3.85. The first-order valence-corrected chi connectivity index (χ1v) is 8.02. The first kappa shape index (κ1) is 15.3. The molecule has 1 atom stereocenters. The van der Waals surface area contributed by atoms with E-state index < -0.39 is 0 Å². The predicted octanol–water partition coefficient (Wildman–Crippen LogP) is 5.04. The van der Waals surface area contributed by atoms with Crippen LogP contribution < -0.4 is 5.32 Å². The van der Waals surface area contributed by atoms with E-state index in [9.17, 15) is 0 Å². The Balaban J connectivity index is 2.22. The number of hydrogen-bond donors (Lipinski definition) is 1. The quantitative estimate of drug-likeness (QED) is 0.781. The highest BCUT2D eigenvalue weighted by molar-refractivity contribution is 9.10. The van der Waals surface area contributed by atoms with Crippen LogP contribution in [0.25, 0.3) is 0 Å². The summed E-state index contributed by atoms with van der Waals surface area (Å²) < 4.78 is 1.16. The Morgan fingerprint density at radius 1 is 1.10 bits per heavy atom. The fourth-order valence-electron chi connectivity index (χ4n) is 2.44. The van der Waals surface area contributed by atoms with Crippen LogP contribution in [0.3, 0.4) is 0 Å². The van der Waals surface area contributed by atoms with Gasteiger partial charge in [0.2, 0.25) is 0 Å². The van der Waals surface area contributed by atoms with Crippen LogP contribution in [0, 0.1) is 6.92 Å². The van der Waals surface area contributed by atoms with E-state index in [-0.39, 0.29) is 0 Å².